The molecule has 0 radical (unpaired) electrons. The van der Waals surface area contributed by atoms with E-state index < -0.39 is 0 Å². The van der Waals surface area contributed by atoms with Crippen LogP contribution in [0.4, 0.5) is 5.13 Å². The Balaban J connectivity index is 0.00000306. The van der Waals surface area contributed by atoms with Crippen LogP contribution in [0.2, 0.25) is 5.02 Å². The predicted molar refractivity (Wildman–Crippen MR) is 146 cm³/mol. The highest BCUT2D eigenvalue weighted by molar-refractivity contribution is 9.10. The molecule has 1 saturated carbocycles. The van der Waals surface area contributed by atoms with E-state index in [0.717, 1.165) is 49.4 Å². The molecule has 0 bridgehead atoms. The summed E-state index contributed by atoms with van der Waals surface area (Å²) in [4.78, 5) is 5.98. The molecular weight excluding hydrogens is 539 g/mol. The Labute approximate surface area is 219 Å². The van der Waals surface area contributed by atoms with Gasteiger partial charge >= 0.3 is 0 Å². The molecule has 33 heavy (non-hydrogen) atoms. The number of nitrogens with zero attached hydrogens (tertiary/aromatic N) is 1. The molecule has 7 heteroatoms. The van der Waals surface area contributed by atoms with Gasteiger partial charge in [-0.15, -0.1) is 30.2 Å². The Morgan fingerprint density at radius 2 is 1.97 bits per heavy atom. The van der Waals surface area contributed by atoms with Crippen LogP contribution in [0.1, 0.15) is 41.2 Å². The van der Waals surface area contributed by atoms with Crippen molar-refractivity contribution in [2.24, 2.45) is 5.92 Å². The number of methoxy groups -OCH3 is 1. The van der Waals surface area contributed by atoms with Crippen molar-refractivity contribution in [2.75, 3.05) is 12.4 Å². The smallest absolute Gasteiger partial charge is 0.184 e. The van der Waals surface area contributed by atoms with E-state index in [2.05, 4.69) is 58.4 Å². The quantitative estimate of drug-likeness (QED) is 0.279. The van der Waals surface area contributed by atoms with Crippen molar-refractivity contribution in [1.82, 2.24) is 4.98 Å². The number of hydrogen-bond donors (Lipinski definition) is 1. The molecule has 0 spiro atoms. The lowest BCUT2D eigenvalue weighted by Gasteiger charge is -2.24. The van der Waals surface area contributed by atoms with E-state index in [1.54, 1.807) is 18.4 Å². The number of rotatable bonds is 8. The molecule has 4 rings (SSSR count). The number of ether oxygens (including phenoxy) is 1. The Kier molecular flexibility index (Phi) is 8.75. The summed E-state index contributed by atoms with van der Waals surface area (Å²) >= 11 is 11.7. The van der Waals surface area contributed by atoms with Gasteiger partial charge in [0.15, 0.2) is 5.13 Å². The van der Waals surface area contributed by atoms with Gasteiger partial charge in [0.05, 0.1) is 23.9 Å². The summed E-state index contributed by atoms with van der Waals surface area (Å²) in [6.45, 7) is 4.07. The van der Waals surface area contributed by atoms with Crippen molar-refractivity contribution in [1.29, 1.82) is 0 Å². The zero-order chi connectivity index (χ0) is 22.8. The number of terminal acetylenes is 1. The van der Waals surface area contributed by atoms with E-state index in [4.69, 9.17) is 27.7 Å². The summed E-state index contributed by atoms with van der Waals surface area (Å²) in [6.07, 6.45) is 9.71. The van der Waals surface area contributed by atoms with Gasteiger partial charge in [0.25, 0.3) is 0 Å². The molecule has 1 aromatic heterocycles. The lowest BCUT2D eigenvalue weighted by atomic mass is 9.87. The minimum Gasteiger partial charge on any atom is -0.496 e. The highest BCUT2D eigenvalue weighted by Crippen LogP contribution is 2.42. The third-order valence-electron chi connectivity index (χ3n) is 5.98. The van der Waals surface area contributed by atoms with Gasteiger partial charge in [-0.05, 0) is 61.6 Å². The number of benzene rings is 2. The molecule has 3 nitrogen and oxygen atoms in total. The molecule has 1 N–H and O–H groups in total. The van der Waals surface area contributed by atoms with Crippen LogP contribution in [0.3, 0.4) is 0 Å². The van der Waals surface area contributed by atoms with Crippen molar-refractivity contribution in [3.8, 4) is 29.4 Å². The Morgan fingerprint density at radius 1 is 1.27 bits per heavy atom. The zero-order valence-corrected chi connectivity index (χ0v) is 22.8. The first-order valence-electron chi connectivity index (χ1n) is 10.7. The second-order valence-corrected chi connectivity index (χ2v) is 10.9. The van der Waals surface area contributed by atoms with E-state index in [0.29, 0.717) is 5.02 Å². The minimum absolute atomic E-state index is 0. The van der Waals surface area contributed by atoms with Crippen LogP contribution >= 0.6 is 51.3 Å². The van der Waals surface area contributed by atoms with Gasteiger partial charge in [-0.2, -0.15) is 0 Å². The molecule has 2 atom stereocenters. The van der Waals surface area contributed by atoms with Gasteiger partial charge in [-0.3, -0.25) is 0 Å². The summed E-state index contributed by atoms with van der Waals surface area (Å²) in [7, 11) is 1.65. The first-order chi connectivity index (χ1) is 15.4. The second-order valence-electron chi connectivity index (χ2n) is 8.35. The van der Waals surface area contributed by atoms with Gasteiger partial charge in [-0.25, -0.2) is 4.98 Å². The molecule has 0 aliphatic heterocycles. The lowest BCUT2D eigenvalue weighted by molar-refractivity contribution is 0.412. The highest BCUT2D eigenvalue weighted by atomic mass is 79.9. The number of aromatic nitrogens is 1. The molecule has 2 unspecified atom stereocenters. The van der Waals surface area contributed by atoms with Crippen molar-refractivity contribution in [3.63, 3.8) is 0 Å². The third-order valence-corrected chi connectivity index (χ3v) is 7.72. The second kappa shape index (κ2) is 11.1. The van der Waals surface area contributed by atoms with Crippen molar-refractivity contribution in [3.05, 3.63) is 61.9 Å². The standard InChI is InChI=1S/C26H26BrClN2OS.ClH/c1-5-23(20(13-17-6-7-17)18-8-10-19(27)11-9-18)29-26-30-25(16(3)32-26)21-12-15(2)24(31-4)14-22(21)28;/h1,8-12,14,17,20,23H,6-7,13H2,2-4H3,(H,29,30);1H. The monoisotopic (exact) mass is 564 g/mol. The van der Waals surface area contributed by atoms with E-state index in [-0.39, 0.29) is 24.4 Å². The predicted octanol–water partition coefficient (Wildman–Crippen LogP) is 8.27. The minimum atomic E-state index is -0.136. The molecule has 1 aliphatic carbocycles. The van der Waals surface area contributed by atoms with Gasteiger partial charge in [-0.1, -0.05) is 58.4 Å². The number of anilines is 1. The van der Waals surface area contributed by atoms with Crippen LogP contribution in [-0.4, -0.2) is 18.1 Å². The molecule has 1 aliphatic rings. The van der Waals surface area contributed by atoms with Crippen molar-refractivity contribution >= 4 is 56.4 Å². The molecule has 2 aromatic carbocycles. The van der Waals surface area contributed by atoms with Gasteiger partial charge in [0.2, 0.25) is 0 Å². The summed E-state index contributed by atoms with van der Waals surface area (Å²) in [6, 6.07) is 12.3. The zero-order valence-electron chi connectivity index (χ0n) is 18.8. The van der Waals surface area contributed by atoms with E-state index in [9.17, 15) is 0 Å². The number of aryl methyl sites for hydroxylation is 2. The number of hydrogen-bond acceptors (Lipinski definition) is 4. The molecule has 0 saturated heterocycles. The maximum Gasteiger partial charge on any atom is 0.184 e. The summed E-state index contributed by atoms with van der Waals surface area (Å²) in [5.41, 5.74) is 4.07. The fourth-order valence-corrected chi connectivity index (χ4v) is 5.42. The van der Waals surface area contributed by atoms with Crippen LogP contribution in [0.5, 0.6) is 5.75 Å². The fourth-order valence-electron chi connectivity index (χ4n) is 4.05. The largest absolute Gasteiger partial charge is 0.496 e. The molecule has 174 valence electrons. The first kappa shape index (κ1) is 25.9. The van der Waals surface area contributed by atoms with E-state index in [1.807, 2.05) is 19.1 Å². The SMILES string of the molecule is C#CC(Nc1nc(-c2cc(C)c(OC)cc2Cl)c(C)s1)C(CC1CC1)c1ccc(Br)cc1.Cl. The molecular formula is C26H27BrCl2N2OS. The van der Waals surface area contributed by atoms with E-state index in [1.165, 1.54) is 18.4 Å². The highest BCUT2D eigenvalue weighted by Gasteiger charge is 2.31. The van der Waals surface area contributed by atoms with Crippen LogP contribution in [-0.2, 0) is 0 Å². The fraction of sp³-hybridized carbons (Fsp3) is 0.346. The van der Waals surface area contributed by atoms with Gasteiger partial charge < -0.3 is 10.1 Å². The van der Waals surface area contributed by atoms with Crippen LogP contribution in [0.25, 0.3) is 11.3 Å². The lowest BCUT2D eigenvalue weighted by Crippen LogP contribution is -2.26. The van der Waals surface area contributed by atoms with Gasteiger partial charge in [0.1, 0.15) is 5.75 Å². The van der Waals surface area contributed by atoms with Crippen molar-refractivity contribution < 1.29 is 4.74 Å². The number of thiazole rings is 1. The number of halogens is 3. The van der Waals surface area contributed by atoms with E-state index >= 15 is 0 Å². The average molecular weight is 566 g/mol. The number of nitrogens with one attached hydrogen (secondary N) is 1. The molecule has 1 heterocycles. The molecule has 3 aromatic rings. The Morgan fingerprint density at radius 3 is 2.58 bits per heavy atom. The average Bonchev–Trinajstić information content (AvgIpc) is 3.53. The third kappa shape index (κ3) is 6.05. The molecule has 0 amide bonds. The Hall–Kier alpha value is -1.71. The maximum absolute atomic E-state index is 6.56. The molecule has 1 fully saturated rings. The maximum atomic E-state index is 6.56. The Bertz CT molecular complexity index is 1150. The van der Waals surface area contributed by atoms with Crippen LogP contribution in [0.15, 0.2) is 40.9 Å². The van der Waals surface area contributed by atoms with Gasteiger partial charge in [0, 0.05) is 20.8 Å². The summed E-state index contributed by atoms with van der Waals surface area (Å²) in [5, 5.41) is 5.00. The normalized spacial score (nSPS) is 14.7. The van der Waals surface area contributed by atoms with Crippen molar-refractivity contribution in [2.45, 2.75) is 45.1 Å². The summed E-state index contributed by atoms with van der Waals surface area (Å²) < 4.78 is 6.46. The topological polar surface area (TPSA) is 34.2 Å². The van der Waals surface area contributed by atoms with Crippen LogP contribution < -0.4 is 10.1 Å². The first-order valence-corrected chi connectivity index (χ1v) is 12.7. The van der Waals surface area contributed by atoms with Crippen LogP contribution in [0, 0.1) is 32.1 Å². The summed E-state index contributed by atoms with van der Waals surface area (Å²) in [5.74, 6) is 4.77.